The molecule has 2 aromatic rings. The van der Waals surface area contributed by atoms with Crippen LogP contribution in [0.3, 0.4) is 0 Å². The van der Waals surface area contributed by atoms with E-state index in [-0.39, 0.29) is 0 Å². The Kier molecular flexibility index (Phi) is 4.81. The fourth-order valence-corrected chi connectivity index (χ4v) is 3.14. The molecule has 0 spiro atoms. The van der Waals surface area contributed by atoms with Crippen LogP contribution in [-0.2, 0) is 4.74 Å². The molecule has 0 atom stereocenters. The second kappa shape index (κ2) is 7.00. The number of halogens is 1. The highest BCUT2D eigenvalue weighted by molar-refractivity contribution is 9.10. The van der Waals surface area contributed by atoms with Crippen molar-refractivity contribution < 1.29 is 13.9 Å². The Hall–Kier alpha value is -2.08. The van der Waals surface area contributed by atoms with Crippen LogP contribution < -0.4 is 4.90 Å². The van der Waals surface area contributed by atoms with E-state index in [4.69, 9.17) is 9.15 Å². The lowest BCUT2D eigenvalue weighted by molar-refractivity contribution is 0.0601. The minimum Gasteiger partial charge on any atom is -0.465 e. The first-order chi connectivity index (χ1) is 11.2. The number of carbonyl (C=O) groups is 1. The van der Waals surface area contributed by atoms with E-state index in [1.54, 1.807) is 24.4 Å². The quantitative estimate of drug-likeness (QED) is 0.593. The summed E-state index contributed by atoms with van der Waals surface area (Å²) in [5, 5.41) is 0. The predicted octanol–water partition coefficient (Wildman–Crippen LogP) is 4.18. The van der Waals surface area contributed by atoms with Crippen molar-refractivity contribution in [1.82, 2.24) is 0 Å². The highest BCUT2D eigenvalue weighted by Gasteiger charge is 2.19. The number of furan rings is 1. The summed E-state index contributed by atoms with van der Waals surface area (Å²) in [7, 11) is 1.36. The molecule has 1 aliphatic rings. The molecule has 1 saturated heterocycles. The van der Waals surface area contributed by atoms with Crippen LogP contribution in [-0.4, -0.2) is 32.4 Å². The molecule has 1 aliphatic heterocycles. The van der Waals surface area contributed by atoms with E-state index in [1.165, 1.54) is 20.0 Å². The Morgan fingerprint density at radius 1 is 1.35 bits per heavy atom. The average Bonchev–Trinajstić information content (AvgIpc) is 3.21. The molecule has 0 unspecified atom stereocenters. The minimum absolute atomic E-state index is 0.406. The molecule has 2 heterocycles. The first kappa shape index (κ1) is 15.8. The van der Waals surface area contributed by atoms with Gasteiger partial charge in [-0.2, -0.15) is 0 Å². The lowest BCUT2D eigenvalue weighted by atomic mass is 10.2. The fourth-order valence-electron chi connectivity index (χ4n) is 2.58. The van der Waals surface area contributed by atoms with Gasteiger partial charge in [-0.15, -0.1) is 0 Å². The maximum Gasteiger partial charge on any atom is 0.340 e. The van der Waals surface area contributed by atoms with Crippen LogP contribution in [0.15, 0.2) is 44.2 Å². The van der Waals surface area contributed by atoms with Crippen molar-refractivity contribution in [3.63, 3.8) is 0 Å². The molecule has 23 heavy (non-hydrogen) atoms. The van der Waals surface area contributed by atoms with Crippen molar-refractivity contribution >= 4 is 39.7 Å². The number of hydrogen-bond acceptors (Lipinski definition) is 5. The van der Waals surface area contributed by atoms with Crippen LogP contribution in [0.4, 0.5) is 11.6 Å². The van der Waals surface area contributed by atoms with Gasteiger partial charge in [0.1, 0.15) is 5.76 Å². The van der Waals surface area contributed by atoms with Crippen molar-refractivity contribution in [3.8, 4) is 0 Å². The number of para-hydroxylation sites is 1. The minimum atomic E-state index is -0.406. The Morgan fingerprint density at radius 2 is 2.09 bits per heavy atom. The van der Waals surface area contributed by atoms with Crippen LogP contribution in [0.25, 0.3) is 0 Å². The Morgan fingerprint density at radius 3 is 2.83 bits per heavy atom. The molecule has 3 rings (SSSR count). The normalized spacial score (nSPS) is 14.6. The molecule has 120 valence electrons. The molecular formula is C17H17BrN2O3. The largest absolute Gasteiger partial charge is 0.465 e. The van der Waals surface area contributed by atoms with Crippen molar-refractivity contribution in [2.45, 2.75) is 12.8 Å². The summed E-state index contributed by atoms with van der Waals surface area (Å²) in [6.07, 6.45) is 3.98. The van der Waals surface area contributed by atoms with E-state index < -0.39 is 5.97 Å². The maximum absolute atomic E-state index is 11.7. The van der Waals surface area contributed by atoms with Gasteiger partial charge in [0.15, 0.2) is 0 Å². The number of carbonyl (C=O) groups excluding carboxylic acids is 1. The SMILES string of the molecule is COC(=O)c1ccccc1N=Cc1cc(Br)c(N2CCCC2)o1. The van der Waals surface area contributed by atoms with Gasteiger partial charge in [0.25, 0.3) is 0 Å². The molecule has 1 fully saturated rings. The van der Waals surface area contributed by atoms with Gasteiger partial charge in [0, 0.05) is 19.2 Å². The van der Waals surface area contributed by atoms with E-state index in [9.17, 15) is 4.79 Å². The lowest BCUT2D eigenvalue weighted by Crippen LogP contribution is -2.17. The number of methoxy groups -OCH3 is 1. The van der Waals surface area contributed by atoms with E-state index in [2.05, 4.69) is 25.8 Å². The van der Waals surface area contributed by atoms with Gasteiger partial charge in [0.2, 0.25) is 5.88 Å². The molecule has 5 nitrogen and oxygen atoms in total. The molecule has 0 radical (unpaired) electrons. The summed E-state index contributed by atoms with van der Waals surface area (Å²) >= 11 is 3.53. The summed E-state index contributed by atoms with van der Waals surface area (Å²) in [6.45, 7) is 2.02. The molecule has 1 aromatic heterocycles. The Labute approximate surface area is 143 Å². The number of esters is 1. The first-order valence-corrected chi connectivity index (χ1v) is 8.24. The summed E-state index contributed by atoms with van der Waals surface area (Å²) in [6, 6.07) is 8.94. The van der Waals surface area contributed by atoms with Crippen LogP contribution in [0.1, 0.15) is 29.0 Å². The van der Waals surface area contributed by atoms with Crippen LogP contribution in [0, 0.1) is 0 Å². The third-order valence-corrected chi connectivity index (χ3v) is 4.29. The molecular weight excluding hydrogens is 360 g/mol. The van der Waals surface area contributed by atoms with Gasteiger partial charge in [-0.05, 0) is 40.9 Å². The lowest BCUT2D eigenvalue weighted by Gasteiger charge is -2.13. The van der Waals surface area contributed by atoms with Crippen molar-refractivity contribution in [2.24, 2.45) is 4.99 Å². The maximum atomic E-state index is 11.7. The zero-order valence-corrected chi connectivity index (χ0v) is 14.4. The second-order valence-electron chi connectivity index (χ2n) is 5.26. The third kappa shape index (κ3) is 3.47. The van der Waals surface area contributed by atoms with E-state index in [1.807, 2.05) is 12.1 Å². The summed E-state index contributed by atoms with van der Waals surface area (Å²) < 4.78 is 11.5. The number of ether oxygens (including phenoxy) is 1. The summed E-state index contributed by atoms with van der Waals surface area (Å²) in [5.41, 5.74) is 0.978. The Balaban J connectivity index is 1.83. The highest BCUT2D eigenvalue weighted by atomic mass is 79.9. The number of nitrogens with zero attached hydrogens (tertiary/aromatic N) is 2. The van der Waals surface area contributed by atoms with Crippen LogP contribution in [0.5, 0.6) is 0 Å². The topological polar surface area (TPSA) is 55.0 Å². The Bertz CT molecular complexity index is 733. The van der Waals surface area contributed by atoms with E-state index in [0.717, 1.165) is 23.4 Å². The number of benzene rings is 1. The third-order valence-electron chi connectivity index (χ3n) is 3.72. The van der Waals surface area contributed by atoms with E-state index in [0.29, 0.717) is 17.0 Å². The number of hydrogen-bond donors (Lipinski definition) is 0. The second-order valence-corrected chi connectivity index (χ2v) is 6.12. The fraction of sp³-hybridized carbons (Fsp3) is 0.294. The zero-order chi connectivity index (χ0) is 16.2. The van der Waals surface area contributed by atoms with Gasteiger partial charge in [0.05, 0.1) is 29.0 Å². The molecule has 0 saturated carbocycles. The average molecular weight is 377 g/mol. The van der Waals surface area contributed by atoms with Gasteiger partial charge in [-0.3, -0.25) is 4.99 Å². The monoisotopic (exact) mass is 376 g/mol. The zero-order valence-electron chi connectivity index (χ0n) is 12.8. The highest BCUT2D eigenvalue weighted by Crippen LogP contribution is 2.32. The number of anilines is 1. The van der Waals surface area contributed by atoms with Gasteiger partial charge in [-0.25, -0.2) is 4.79 Å². The summed E-state index contributed by atoms with van der Waals surface area (Å²) in [4.78, 5) is 18.3. The van der Waals surface area contributed by atoms with Gasteiger partial charge in [-0.1, -0.05) is 12.1 Å². The van der Waals surface area contributed by atoms with Crippen LogP contribution >= 0.6 is 15.9 Å². The van der Waals surface area contributed by atoms with Crippen LogP contribution in [0.2, 0.25) is 0 Å². The molecule has 0 amide bonds. The smallest absolute Gasteiger partial charge is 0.340 e. The number of rotatable bonds is 4. The van der Waals surface area contributed by atoms with Crippen molar-refractivity contribution in [2.75, 3.05) is 25.1 Å². The number of aliphatic imine (C=N–C) groups is 1. The first-order valence-electron chi connectivity index (χ1n) is 7.44. The van der Waals surface area contributed by atoms with Gasteiger partial charge >= 0.3 is 5.97 Å². The summed E-state index contributed by atoms with van der Waals surface area (Å²) in [5.74, 6) is 1.07. The predicted molar refractivity (Wildman–Crippen MR) is 92.9 cm³/mol. The molecule has 1 aromatic carbocycles. The molecule has 0 N–H and O–H groups in total. The van der Waals surface area contributed by atoms with E-state index >= 15 is 0 Å². The molecule has 0 aliphatic carbocycles. The van der Waals surface area contributed by atoms with Crippen molar-refractivity contribution in [1.29, 1.82) is 0 Å². The van der Waals surface area contributed by atoms with Gasteiger partial charge < -0.3 is 14.1 Å². The standard InChI is InChI=1S/C17H17BrN2O3/c1-22-17(21)13-6-2-3-7-15(13)19-11-12-10-14(18)16(23-12)20-8-4-5-9-20/h2-3,6-7,10-11H,4-5,8-9H2,1H3. The molecule has 6 heteroatoms. The van der Waals surface area contributed by atoms with Crippen molar-refractivity contribution in [3.05, 3.63) is 46.1 Å². The molecule has 0 bridgehead atoms.